The summed E-state index contributed by atoms with van der Waals surface area (Å²) in [5.41, 5.74) is 6.61. The SMILES string of the molecule is CCc1ccc(S(=O)(=O)NCC(C)N)cc1. The van der Waals surface area contributed by atoms with Crippen molar-refractivity contribution in [2.24, 2.45) is 5.73 Å². The molecule has 0 spiro atoms. The van der Waals surface area contributed by atoms with Crippen LogP contribution in [0.25, 0.3) is 0 Å². The molecular formula is C11H18N2O2S. The van der Waals surface area contributed by atoms with E-state index < -0.39 is 10.0 Å². The first-order chi connectivity index (χ1) is 7.45. The van der Waals surface area contributed by atoms with Gasteiger partial charge in [-0.1, -0.05) is 19.1 Å². The summed E-state index contributed by atoms with van der Waals surface area (Å²) in [4.78, 5) is 0.283. The van der Waals surface area contributed by atoms with Crippen molar-refractivity contribution >= 4 is 10.0 Å². The molecule has 90 valence electrons. The Morgan fingerprint density at radius 3 is 2.31 bits per heavy atom. The van der Waals surface area contributed by atoms with Crippen LogP contribution in [0.15, 0.2) is 29.2 Å². The molecule has 0 saturated heterocycles. The lowest BCUT2D eigenvalue weighted by Gasteiger charge is -2.09. The van der Waals surface area contributed by atoms with E-state index in [4.69, 9.17) is 5.73 Å². The topological polar surface area (TPSA) is 72.2 Å². The standard InChI is InChI=1S/C11H18N2O2S/c1-3-10-4-6-11(7-5-10)16(14,15)13-8-9(2)12/h4-7,9,13H,3,8,12H2,1-2H3. The molecule has 5 heteroatoms. The lowest BCUT2D eigenvalue weighted by atomic mass is 10.2. The molecule has 3 N–H and O–H groups in total. The maximum atomic E-state index is 11.8. The smallest absolute Gasteiger partial charge is 0.240 e. The molecule has 0 aliphatic heterocycles. The fourth-order valence-electron chi connectivity index (χ4n) is 1.23. The molecule has 16 heavy (non-hydrogen) atoms. The molecule has 1 unspecified atom stereocenters. The molecule has 0 heterocycles. The van der Waals surface area contributed by atoms with Crippen LogP contribution in [0.1, 0.15) is 19.4 Å². The summed E-state index contributed by atoms with van der Waals surface area (Å²) in [5, 5.41) is 0. The van der Waals surface area contributed by atoms with Gasteiger partial charge < -0.3 is 5.73 Å². The van der Waals surface area contributed by atoms with Crippen molar-refractivity contribution in [1.82, 2.24) is 4.72 Å². The van der Waals surface area contributed by atoms with E-state index in [0.29, 0.717) is 0 Å². The van der Waals surface area contributed by atoms with Crippen LogP contribution in [0.2, 0.25) is 0 Å². The molecule has 0 saturated carbocycles. The molecule has 0 radical (unpaired) electrons. The summed E-state index contributed by atoms with van der Waals surface area (Å²) in [6, 6.07) is 6.68. The van der Waals surface area contributed by atoms with Crippen LogP contribution < -0.4 is 10.5 Å². The third-order valence-electron chi connectivity index (χ3n) is 2.24. The Morgan fingerprint density at radius 1 is 1.31 bits per heavy atom. The average molecular weight is 242 g/mol. The molecule has 1 atom stereocenters. The second kappa shape index (κ2) is 5.43. The van der Waals surface area contributed by atoms with Gasteiger partial charge in [0.25, 0.3) is 0 Å². The molecule has 1 aromatic carbocycles. The molecule has 0 aliphatic rings. The largest absolute Gasteiger partial charge is 0.327 e. The van der Waals surface area contributed by atoms with Crippen LogP contribution >= 0.6 is 0 Å². The summed E-state index contributed by atoms with van der Waals surface area (Å²) >= 11 is 0. The number of nitrogens with two attached hydrogens (primary N) is 1. The van der Waals surface area contributed by atoms with Crippen molar-refractivity contribution < 1.29 is 8.42 Å². The minimum Gasteiger partial charge on any atom is -0.327 e. The highest BCUT2D eigenvalue weighted by molar-refractivity contribution is 7.89. The first-order valence-corrected chi connectivity index (χ1v) is 6.78. The van der Waals surface area contributed by atoms with Crippen LogP contribution in [-0.2, 0) is 16.4 Å². The van der Waals surface area contributed by atoms with E-state index in [9.17, 15) is 8.42 Å². The Morgan fingerprint density at radius 2 is 1.88 bits per heavy atom. The van der Waals surface area contributed by atoms with E-state index in [-0.39, 0.29) is 17.5 Å². The van der Waals surface area contributed by atoms with Crippen molar-refractivity contribution in [2.45, 2.75) is 31.2 Å². The Labute approximate surface area is 96.9 Å². The van der Waals surface area contributed by atoms with Gasteiger partial charge in [0.05, 0.1) is 4.90 Å². The van der Waals surface area contributed by atoms with Crippen LogP contribution in [0.3, 0.4) is 0 Å². The second-order valence-corrected chi connectivity index (χ2v) is 5.59. The monoisotopic (exact) mass is 242 g/mol. The van der Waals surface area contributed by atoms with Gasteiger partial charge >= 0.3 is 0 Å². The van der Waals surface area contributed by atoms with Crippen molar-refractivity contribution in [3.8, 4) is 0 Å². The van der Waals surface area contributed by atoms with Crippen LogP contribution in [0.5, 0.6) is 0 Å². The highest BCUT2D eigenvalue weighted by atomic mass is 32.2. The summed E-state index contributed by atoms with van der Waals surface area (Å²) in [5.74, 6) is 0. The van der Waals surface area contributed by atoms with Gasteiger partial charge in [0, 0.05) is 12.6 Å². The van der Waals surface area contributed by atoms with E-state index in [0.717, 1.165) is 12.0 Å². The second-order valence-electron chi connectivity index (χ2n) is 3.83. The van der Waals surface area contributed by atoms with E-state index in [1.807, 2.05) is 19.1 Å². The van der Waals surface area contributed by atoms with Crippen molar-refractivity contribution in [3.05, 3.63) is 29.8 Å². The van der Waals surface area contributed by atoms with Gasteiger partial charge in [-0.05, 0) is 31.0 Å². The fourth-order valence-corrected chi connectivity index (χ4v) is 2.37. The Bertz CT molecular complexity index is 424. The quantitative estimate of drug-likeness (QED) is 0.805. The Balaban J connectivity index is 2.82. The van der Waals surface area contributed by atoms with E-state index in [1.54, 1.807) is 19.1 Å². The summed E-state index contributed by atoms with van der Waals surface area (Å²) in [7, 11) is -3.41. The first-order valence-electron chi connectivity index (χ1n) is 5.30. The maximum absolute atomic E-state index is 11.8. The zero-order valence-corrected chi connectivity index (χ0v) is 10.4. The van der Waals surface area contributed by atoms with Crippen molar-refractivity contribution in [3.63, 3.8) is 0 Å². The minimum absolute atomic E-state index is 0.190. The zero-order chi connectivity index (χ0) is 12.2. The molecule has 0 fully saturated rings. The number of hydrogen-bond acceptors (Lipinski definition) is 3. The molecule has 1 rings (SSSR count). The van der Waals surface area contributed by atoms with Crippen LogP contribution in [0.4, 0.5) is 0 Å². The van der Waals surface area contributed by atoms with Crippen molar-refractivity contribution in [1.29, 1.82) is 0 Å². The number of nitrogens with one attached hydrogen (secondary N) is 1. The zero-order valence-electron chi connectivity index (χ0n) is 9.60. The highest BCUT2D eigenvalue weighted by Crippen LogP contribution is 2.10. The van der Waals surface area contributed by atoms with Gasteiger partial charge in [0.1, 0.15) is 0 Å². The highest BCUT2D eigenvalue weighted by Gasteiger charge is 2.13. The van der Waals surface area contributed by atoms with Gasteiger partial charge in [-0.25, -0.2) is 13.1 Å². The average Bonchev–Trinajstić information content (AvgIpc) is 2.27. The lowest BCUT2D eigenvalue weighted by molar-refractivity contribution is 0.574. The number of benzene rings is 1. The predicted octanol–water partition coefficient (Wildman–Crippen LogP) is 0.874. The Hall–Kier alpha value is -0.910. The van der Waals surface area contributed by atoms with Gasteiger partial charge in [-0.3, -0.25) is 0 Å². The number of hydrogen-bond donors (Lipinski definition) is 2. The van der Waals surface area contributed by atoms with E-state index in [2.05, 4.69) is 4.72 Å². The molecule has 0 aliphatic carbocycles. The van der Waals surface area contributed by atoms with Crippen molar-refractivity contribution in [2.75, 3.05) is 6.54 Å². The van der Waals surface area contributed by atoms with Gasteiger partial charge in [-0.2, -0.15) is 0 Å². The van der Waals surface area contributed by atoms with Gasteiger partial charge in [0.2, 0.25) is 10.0 Å². The summed E-state index contributed by atoms with van der Waals surface area (Å²) < 4.78 is 26.0. The van der Waals surface area contributed by atoms with Crippen LogP contribution in [0, 0.1) is 0 Å². The van der Waals surface area contributed by atoms with Crippen LogP contribution in [-0.4, -0.2) is 21.0 Å². The third-order valence-corrected chi connectivity index (χ3v) is 3.68. The molecule has 0 aromatic heterocycles. The van der Waals surface area contributed by atoms with Gasteiger partial charge in [0.15, 0.2) is 0 Å². The molecule has 4 nitrogen and oxygen atoms in total. The number of aryl methyl sites for hydroxylation is 1. The third kappa shape index (κ3) is 3.59. The molecule has 0 amide bonds. The normalized spacial score (nSPS) is 13.7. The number of sulfonamides is 1. The predicted molar refractivity (Wildman–Crippen MR) is 64.7 cm³/mol. The van der Waals surface area contributed by atoms with Gasteiger partial charge in [-0.15, -0.1) is 0 Å². The van der Waals surface area contributed by atoms with E-state index in [1.165, 1.54) is 0 Å². The number of rotatable bonds is 5. The minimum atomic E-state index is -3.41. The molecular weight excluding hydrogens is 224 g/mol. The lowest BCUT2D eigenvalue weighted by Crippen LogP contribution is -2.35. The van der Waals surface area contributed by atoms with E-state index >= 15 is 0 Å². The molecule has 0 bridgehead atoms. The maximum Gasteiger partial charge on any atom is 0.240 e. The summed E-state index contributed by atoms with van der Waals surface area (Å²) in [6.45, 7) is 4.03. The molecule has 1 aromatic rings. The Kier molecular flexibility index (Phi) is 4.46. The summed E-state index contributed by atoms with van der Waals surface area (Å²) in [6.07, 6.45) is 0.896. The fraction of sp³-hybridized carbons (Fsp3) is 0.455. The first kappa shape index (κ1) is 13.2.